The Labute approximate surface area is 259 Å². The van der Waals surface area contributed by atoms with E-state index < -0.39 is 52.8 Å². The van der Waals surface area contributed by atoms with Gasteiger partial charge < -0.3 is 19.7 Å². The second kappa shape index (κ2) is 11.2. The van der Waals surface area contributed by atoms with Gasteiger partial charge in [0.2, 0.25) is 29.4 Å². The zero-order valence-corrected chi connectivity index (χ0v) is 25.1. The summed E-state index contributed by atoms with van der Waals surface area (Å²) < 4.78 is 10.6. The topological polar surface area (TPSA) is 151 Å². The molecule has 2 saturated heterocycles. The first-order valence-corrected chi connectivity index (χ1v) is 14.9. The van der Waals surface area contributed by atoms with Gasteiger partial charge in [0.15, 0.2) is 11.5 Å². The zero-order valence-electron chi connectivity index (χ0n) is 25.1. The molecule has 11 heteroatoms. The molecule has 45 heavy (non-hydrogen) atoms. The van der Waals surface area contributed by atoms with Crippen LogP contribution in [0.3, 0.4) is 0 Å². The SMILES string of the molecule is COc1cc(C=C[C@H]2C3=CC[C@@H]4C(=O)N(CCC(=O)O)C(=O)[C@@H]4[C@@H]3C[C@H]3C(=O)N(c4ccccc4)C(=O)[C@@]23C)cc(OC)c1O. The average molecular weight is 615 g/mol. The number of imide groups is 2. The van der Waals surface area contributed by atoms with Gasteiger partial charge in [-0.3, -0.25) is 28.9 Å². The number of hydrogen-bond donors (Lipinski definition) is 2. The number of phenolic OH excluding ortho intramolecular Hbond substituents is 1. The highest BCUT2D eigenvalue weighted by Crippen LogP contribution is 2.61. The van der Waals surface area contributed by atoms with Crippen molar-refractivity contribution in [2.75, 3.05) is 25.7 Å². The fourth-order valence-electron chi connectivity index (χ4n) is 7.75. The summed E-state index contributed by atoms with van der Waals surface area (Å²) in [5, 5.41) is 19.6. The third kappa shape index (κ3) is 4.60. The van der Waals surface area contributed by atoms with E-state index >= 15 is 0 Å². The minimum Gasteiger partial charge on any atom is -0.502 e. The van der Waals surface area contributed by atoms with Crippen molar-refractivity contribution in [3.63, 3.8) is 0 Å². The summed E-state index contributed by atoms with van der Waals surface area (Å²) in [5.74, 6) is -5.73. The van der Waals surface area contributed by atoms with Crippen molar-refractivity contribution in [1.82, 2.24) is 4.90 Å². The highest BCUT2D eigenvalue weighted by atomic mass is 16.5. The molecule has 4 aliphatic rings. The monoisotopic (exact) mass is 614 g/mol. The normalized spacial score (nSPS) is 29.0. The first kappa shape index (κ1) is 30.1. The summed E-state index contributed by atoms with van der Waals surface area (Å²) >= 11 is 0. The maximum Gasteiger partial charge on any atom is 0.305 e. The maximum atomic E-state index is 14.3. The molecule has 0 radical (unpaired) electrons. The van der Waals surface area contributed by atoms with Gasteiger partial charge in [0, 0.05) is 12.5 Å². The van der Waals surface area contributed by atoms with Gasteiger partial charge in [-0.25, -0.2) is 4.90 Å². The highest BCUT2D eigenvalue weighted by Gasteiger charge is 2.66. The van der Waals surface area contributed by atoms with Crippen LogP contribution in [0.4, 0.5) is 5.69 Å². The molecule has 6 atom stereocenters. The number of rotatable bonds is 8. The number of ether oxygens (including phenoxy) is 2. The van der Waals surface area contributed by atoms with E-state index in [-0.39, 0.29) is 54.9 Å². The fraction of sp³-hybridized carbons (Fsp3) is 0.382. The second-order valence-corrected chi connectivity index (χ2v) is 12.1. The van der Waals surface area contributed by atoms with E-state index in [4.69, 9.17) is 9.47 Å². The average Bonchev–Trinajstić information content (AvgIpc) is 3.39. The molecule has 1 saturated carbocycles. The number of methoxy groups -OCH3 is 2. The Balaban J connectivity index is 1.45. The molecular formula is C34H34N2O9. The molecule has 4 amide bonds. The minimum absolute atomic E-state index is 0.158. The molecule has 2 aromatic carbocycles. The predicted octanol–water partition coefficient (Wildman–Crippen LogP) is 3.66. The molecule has 2 aromatic rings. The number of nitrogens with zero attached hydrogens (tertiary/aromatic N) is 2. The first-order valence-electron chi connectivity index (χ1n) is 14.9. The van der Waals surface area contributed by atoms with E-state index in [1.165, 1.54) is 19.1 Å². The Bertz CT molecular complexity index is 1640. The Morgan fingerprint density at radius 1 is 1.00 bits per heavy atom. The van der Waals surface area contributed by atoms with E-state index in [0.29, 0.717) is 11.3 Å². The molecule has 0 aromatic heterocycles. The Morgan fingerprint density at radius 2 is 1.67 bits per heavy atom. The smallest absolute Gasteiger partial charge is 0.305 e. The van der Waals surface area contributed by atoms with Crippen molar-refractivity contribution < 1.29 is 43.7 Å². The molecule has 2 N–H and O–H groups in total. The number of benzene rings is 2. The number of carboxylic acids is 1. The standard InChI is InChI=1S/C34H34N2O9/c1-34-23(12-9-18-15-25(44-2)29(39)26(16-18)45-3)20-10-11-21-28(32(42)35(30(21)40)14-13-27(37)38)22(20)17-24(34)31(41)36(33(34)43)19-7-5-4-6-8-19/h4-10,12,15-16,21-24,28,39H,11,13-14,17H2,1-3H3,(H,37,38)/t21-,22+,23-,24-,28-,34-/m0/s1. The predicted molar refractivity (Wildman–Crippen MR) is 161 cm³/mol. The molecule has 2 aliphatic heterocycles. The molecule has 2 heterocycles. The summed E-state index contributed by atoms with van der Waals surface area (Å²) in [7, 11) is 2.84. The lowest BCUT2D eigenvalue weighted by molar-refractivity contribution is -0.142. The molecule has 6 rings (SSSR count). The van der Waals surface area contributed by atoms with Crippen molar-refractivity contribution in [1.29, 1.82) is 0 Å². The summed E-state index contributed by atoms with van der Waals surface area (Å²) in [6.45, 7) is 1.58. The molecule has 0 bridgehead atoms. The molecule has 0 unspecified atom stereocenters. The summed E-state index contributed by atoms with van der Waals surface area (Å²) in [4.78, 5) is 69.0. The van der Waals surface area contributed by atoms with Gasteiger partial charge in [-0.05, 0) is 55.5 Å². The highest BCUT2D eigenvalue weighted by molar-refractivity contribution is 6.24. The van der Waals surface area contributed by atoms with Crippen molar-refractivity contribution >= 4 is 41.4 Å². The number of anilines is 1. The van der Waals surface area contributed by atoms with Crippen LogP contribution in [0.2, 0.25) is 0 Å². The summed E-state index contributed by atoms with van der Waals surface area (Å²) in [5.41, 5.74) is 0.682. The van der Waals surface area contributed by atoms with Crippen LogP contribution in [0.5, 0.6) is 17.2 Å². The lowest BCUT2D eigenvalue weighted by Gasteiger charge is -2.47. The number of aliphatic carboxylic acids is 1. The van der Waals surface area contributed by atoms with Gasteiger partial charge in [0.1, 0.15) is 0 Å². The van der Waals surface area contributed by atoms with Crippen LogP contribution in [-0.2, 0) is 24.0 Å². The first-order chi connectivity index (χ1) is 21.5. The van der Waals surface area contributed by atoms with E-state index in [9.17, 15) is 34.2 Å². The molecular weight excluding hydrogens is 580 g/mol. The number of carbonyl (C=O) groups is 5. The van der Waals surface area contributed by atoms with Crippen LogP contribution in [0.25, 0.3) is 6.08 Å². The number of likely N-dealkylation sites (tertiary alicyclic amines) is 1. The van der Waals surface area contributed by atoms with E-state index in [1.807, 2.05) is 12.2 Å². The number of allylic oxidation sites excluding steroid dienone is 3. The number of hydrogen-bond acceptors (Lipinski definition) is 8. The van der Waals surface area contributed by atoms with Crippen LogP contribution in [0.1, 0.15) is 31.7 Å². The Kier molecular flexibility index (Phi) is 7.50. The fourth-order valence-corrected chi connectivity index (χ4v) is 7.75. The zero-order chi connectivity index (χ0) is 32.2. The van der Waals surface area contributed by atoms with E-state index in [2.05, 4.69) is 0 Å². The Hall–Kier alpha value is -4.93. The number of phenols is 1. The van der Waals surface area contributed by atoms with Gasteiger partial charge in [0.05, 0.1) is 49.5 Å². The Morgan fingerprint density at radius 3 is 2.29 bits per heavy atom. The quantitative estimate of drug-likeness (QED) is 0.335. The van der Waals surface area contributed by atoms with Gasteiger partial charge in [-0.15, -0.1) is 0 Å². The van der Waals surface area contributed by atoms with Crippen LogP contribution in [-0.4, -0.2) is 65.5 Å². The number of carbonyl (C=O) groups excluding carboxylic acids is 4. The van der Waals surface area contributed by atoms with Gasteiger partial charge in [-0.1, -0.05) is 42.0 Å². The van der Waals surface area contributed by atoms with Crippen LogP contribution < -0.4 is 14.4 Å². The van der Waals surface area contributed by atoms with Crippen LogP contribution in [0, 0.1) is 35.0 Å². The number of carboxylic acid groups (broad SMARTS) is 1. The largest absolute Gasteiger partial charge is 0.502 e. The molecule has 2 aliphatic carbocycles. The second-order valence-electron chi connectivity index (χ2n) is 12.1. The lowest BCUT2D eigenvalue weighted by atomic mass is 9.52. The van der Waals surface area contributed by atoms with Gasteiger partial charge >= 0.3 is 5.97 Å². The lowest BCUT2D eigenvalue weighted by Crippen LogP contribution is -2.49. The van der Waals surface area contributed by atoms with Crippen LogP contribution in [0.15, 0.2) is 60.2 Å². The van der Waals surface area contributed by atoms with Crippen LogP contribution >= 0.6 is 0 Å². The molecule has 234 valence electrons. The third-order valence-corrected chi connectivity index (χ3v) is 9.99. The number of amides is 4. The number of aromatic hydroxyl groups is 1. The van der Waals surface area contributed by atoms with Crippen molar-refractivity contribution in [2.45, 2.75) is 26.2 Å². The van der Waals surface area contributed by atoms with E-state index in [0.717, 1.165) is 10.5 Å². The van der Waals surface area contributed by atoms with Crippen molar-refractivity contribution in [3.05, 3.63) is 65.8 Å². The summed E-state index contributed by atoms with van der Waals surface area (Å²) in [6, 6.07) is 12.0. The number of fused-ring (bicyclic) bond motifs is 4. The molecule has 3 fully saturated rings. The molecule has 11 nitrogen and oxygen atoms in total. The number of para-hydroxylation sites is 1. The molecule has 0 spiro atoms. The van der Waals surface area contributed by atoms with E-state index in [1.54, 1.807) is 55.5 Å². The third-order valence-electron chi connectivity index (χ3n) is 9.99. The van der Waals surface area contributed by atoms with Crippen molar-refractivity contribution in [2.24, 2.45) is 35.0 Å². The maximum absolute atomic E-state index is 14.3. The van der Waals surface area contributed by atoms with Gasteiger partial charge in [-0.2, -0.15) is 0 Å². The minimum atomic E-state index is -1.20. The summed E-state index contributed by atoms with van der Waals surface area (Å²) in [6.07, 6.45) is 5.66. The van der Waals surface area contributed by atoms with Gasteiger partial charge in [0.25, 0.3) is 0 Å². The van der Waals surface area contributed by atoms with Crippen molar-refractivity contribution in [3.8, 4) is 17.2 Å².